The number of nitrogens with zero attached hydrogens (tertiary/aromatic N) is 1. The van der Waals surface area contributed by atoms with Crippen LogP contribution in [0.25, 0.3) is 0 Å². The summed E-state index contributed by atoms with van der Waals surface area (Å²) in [5, 5.41) is 19.0. The van der Waals surface area contributed by atoms with Crippen molar-refractivity contribution in [3.63, 3.8) is 0 Å². The molecule has 108 valence electrons. The predicted octanol–water partition coefficient (Wildman–Crippen LogP) is 1.99. The van der Waals surface area contributed by atoms with Crippen molar-refractivity contribution in [3.05, 3.63) is 48.6 Å². The molecule has 0 radical (unpaired) electrons. The van der Waals surface area contributed by atoms with Gasteiger partial charge < -0.3 is 15.1 Å². The average Bonchev–Trinajstić information content (AvgIpc) is 2.82. The van der Waals surface area contributed by atoms with Crippen LogP contribution < -0.4 is 0 Å². The minimum Gasteiger partial charge on any atom is -0.394 e. The third-order valence-corrected chi connectivity index (χ3v) is 4.48. The molecule has 1 fully saturated rings. The molecule has 0 aliphatic carbocycles. The Morgan fingerprint density at radius 1 is 1.40 bits per heavy atom. The monoisotopic (exact) mass is 291 g/mol. The van der Waals surface area contributed by atoms with Crippen LogP contribution in [0.4, 0.5) is 0 Å². The van der Waals surface area contributed by atoms with Crippen molar-refractivity contribution in [2.24, 2.45) is 11.8 Å². The molecule has 0 spiro atoms. The minimum absolute atomic E-state index is 0.0911. The van der Waals surface area contributed by atoms with Crippen molar-refractivity contribution >= 4 is 17.2 Å². The maximum Gasteiger partial charge on any atom is 0.0839 e. The second kappa shape index (κ2) is 6.97. The lowest BCUT2D eigenvalue weighted by atomic mass is 9.87. The first kappa shape index (κ1) is 15.2. The second-order valence-electron chi connectivity index (χ2n) is 5.20. The van der Waals surface area contributed by atoms with E-state index in [1.165, 1.54) is 5.56 Å². The highest BCUT2D eigenvalue weighted by Crippen LogP contribution is 2.30. The van der Waals surface area contributed by atoms with Gasteiger partial charge in [-0.1, -0.05) is 48.6 Å². The molecule has 0 unspecified atom stereocenters. The highest BCUT2D eigenvalue weighted by Gasteiger charge is 2.35. The predicted molar refractivity (Wildman–Crippen MR) is 84.3 cm³/mol. The van der Waals surface area contributed by atoms with Crippen LogP contribution in [0.15, 0.2) is 43.0 Å². The van der Waals surface area contributed by atoms with Crippen LogP contribution in [0, 0.1) is 11.8 Å². The molecule has 2 N–H and O–H groups in total. The van der Waals surface area contributed by atoms with Gasteiger partial charge in [0.2, 0.25) is 0 Å². The number of hydrogen-bond donors (Lipinski definition) is 2. The van der Waals surface area contributed by atoms with Gasteiger partial charge in [0.25, 0.3) is 0 Å². The fraction of sp³-hybridized carbons (Fsp3) is 0.438. The average molecular weight is 291 g/mol. The largest absolute Gasteiger partial charge is 0.394 e. The summed E-state index contributed by atoms with van der Waals surface area (Å²) < 4.78 is 0. The normalized spacial score (nSPS) is 21.8. The lowest BCUT2D eigenvalue weighted by Gasteiger charge is -2.26. The third kappa shape index (κ3) is 3.26. The summed E-state index contributed by atoms with van der Waals surface area (Å²) in [4.78, 5) is 3.04. The van der Waals surface area contributed by atoms with E-state index in [-0.39, 0.29) is 18.4 Å². The Labute approximate surface area is 125 Å². The summed E-state index contributed by atoms with van der Waals surface area (Å²) >= 11 is 5.56. The fourth-order valence-electron chi connectivity index (χ4n) is 2.79. The molecule has 0 aromatic heterocycles. The Bertz CT molecular complexity index is 463. The molecule has 1 heterocycles. The molecule has 1 aromatic carbocycles. The lowest BCUT2D eigenvalue weighted by molar-refractivity contribution is 0.0527. The van der Waals surface area contributed by atoms with Gasteiger partial charge in [-0.15, -0.1) is 6.58 Å². The molecule has 1 aliphatic heterocycles. The van der Waals surface area contributed by atoms with E-state index >= 15 is 0 Å². The van der Waals surface area contributed by atoms with E-state index in [4.69, 9.17) is 17.3 Å². The molecule has 0 amide bonds. The highest BCUT2D eigenvalue weighted by atomic mass is 32.1. The SMILES string of the molecule is C=C[C@H]([C@H](O)CO)[C@H]1CCN(Cc2ccccc2)C1=S. The molecular weight excluding hydrogens is 270 g/mol. The molecule has 1 aromatic rings. The smallest absolute Gasteiger partial charge is 0.0839 e. The van der Waals surface area contributed by atoms with E-state index < -0.39 is 6.10 Å². The van der Waals surface area contributed by atoms with Crippen LogP contribution in [0.5, 0.6) is 0 Å². The van der Waals surface area contributed by atoms with Crippen LogP contribution in [0.1, 0.15) is 12.0 Å². The molecule has 3 nitrogen and oxygen atoms in total. The zero-order chi connectivity index (χ0) is 14.5. The third-order valence-electron chi connectivity index (χ3n) is 3.92. The second-order valence-corrected chi connectivity index (χ2v) is 5.62. The number of likely N-dealkylation sites (tertiary alicyclic amines) is 1. The summed E-state index contributed by atoms with van der Waals surface area (Å²) in [5.41, 5.74) is 1.23. The Kier molecular flexibility index (Phi) is 5.29. The Morgan fingerprint density at radius 3 is 2.70 bits per heavy atom. The summed E-state index contributed by atoms with van der Waals surface area (Å²) in [5.74, 6) is -0.0818. The van der Waals surface area contributed by atoms with Crippen molar-refractivity contribution in [3.8, 4) is 0 Å². The molecule has 4 heteroatoms. The maximum atomic E-state index is 9.87. The number of aliphatic hydroxyl groups excluding tert-OH is 2. The van der Waals surface area contributed by atoms with Gasteiger partial charge >= 0.3 is 0 Å². The Hall–Kier alpha value is -1.23. The van der Waals surface area contributed by atoms with Gasteiger partial charge in [0.1, 0.15) is 0 Å². The number of aliphatic hydroxyl groups is 2. The van der Waals surface area contributed by atoms with Gasteiger partial charge in [0.15, 0.2) is 0 Å². The van der Waals surface area contributed by atoms with E-state index in [0.717, 1.165) is 24.5 Å². The zero-order valence-electron chi connectivity index (χ0n) is 11.5. The van der Waals surface area contributed by atoms with Crippen molar-refractivity contribution in [2.45, 2.75) is 19.1 Å². The molecular formula is C16H21NO2S. The number of thiocarbonyl (C=S) groups is 1. The van der Waals surface area contributed by atoms with Gasteiger partial charge in [-0.25, -0.2) is 0 Å². The maximum absolute atomic E-state index is 9.87. The van der Waals surface area contributed by atoms with Crippen LogP contribution in [-0.2, 0) is 6.54 Å². The molecule has 1 aliphatic rings. The summed E-state index contributed by atoms with van der Waals surface area (Å²) in [6.07, 6.45) is 1.83. The molecule has 0 bridgehead atoms. The molecule has 2 rings (SSSR count). The first-order valence-electron chi connectivity index (χ1n) is 6.91. The van der Waals surface area contributed by atoms with Gasteiger partial charge in [-0.2, -0.15) is 0 Å². The quantitative estimate of drug-likeness (QED) is 0.621. The fourth-order valence-corrected chi connectivity index (χ4v) is 3.22. The number of rotatable bonds is 6. The van der Waals surface area contributed by atoms with Gasteiger partial charge in [0, 0.05) is 24.9 Å². The topological polar surface area (TPSA) is 43.7 Å². The zero-order valence-corrected chi connectivity index (χ0v) is 12.3. The van der Waals surface area contributed by atoms with Crippen molar-refractivity contribution in [1.82, 2.24) is 4.90 Å². The van der Waals surface area contributed by atoms with Gasteiger partial charge in [-0.3, -0.25) is 0 Å². The molecule has 3 atom stereocenters. The van der Waals surface area contributed by atoms with Gasteiger partial charge in [-0.05, 0) is 12.0 Å². The van der Waals surface area contributed by atoms with Crippen LogP contribution in [0.3, 0.4) is 0 Å². The van der Waals surface area contributed by atoms with Crippen LogP contribution >= 0.6 is 12.2 Å². The number of hydrogen-bond acceptors (Lipinski definition) is 3. The lowest BCUT2D eigenvalue weighted by Crippen LogP contribution is -2.34. The minimum atomic E-state index is -0.785. The Morgan fingerprint density at radius 2 is 2.10 bits per heavy atom. The molecule has 20 heavy (non-hydrogen) atoms. The van der Waals surface area contributed by atoms with E-state index in [1.54, 1.807) is 6.08 Å². The standard InChI is InChI=1S/C16H21NO2S/c1-2-13(15(19)11-18)14-8-9-17(16(14)20)10-12-6-4-3-5-7-12/h2-7,13-15,18-19H,1,8-11H2/t13-,14+,15+/m0/s1. The van der Waals surface area contributed by atoms with E-state index in [0.29, 0.717) is 0 Å². The van der Waals surface area contributed by atoms with E-state index in [9.17, 15) is 5.11 Å². The first-order chi connectivity index (χ1) is 9.67. The van der Waals surface area contributed by atoms with Crippen molar-refractivity contribution in [2.75, 3.05) is 13.2 Å². The van der Waals surface area contributed by atoms with Crippen LogP contribution in [0.2, 0.25) is 0 Å². The summed E-state index contributed by atoms with van der Waals surface area (Å²) in [6.45, 7) is 5.20. The van der Waals surface area contributed by atoms with Crippen LogP contribution in [-0.4, -0.2) is 39.4 Å². The number of benzene rings is 1. The van der Waals surface area contributed by atoms with Gasteiger partial charge in [0.05, 0.1) is 17.7 Å². The van der Waals surface area contributed by atoms with E-state index in [2.05, 4.69) is 23.6 Å². The highest BCUT2D eigenvalue weighted by molar-refractivity contribution is 7.80. The summed E-state index contributed by atoms with van der Waals surface area (Å²) in [6, 6.07) is 10.2. The van der Waals surface area contributed by atoms with E-state index in [1.807, 2.05) is 18.2 Å². The summed E-state index contributed by atoms with van der Waals surface area (Å²) in [7, 11) is 0. The molecule has 1 saturated heterocycles. The van der Waals surface area contributed by atoms with Crippen molar-refractivity contribution < 1.29 is 10.2 Å². The Balaban J connectivity index is 2.03. The van der Waals surface area contributed by atoms with Crippen molar-refractivity contribution in [1.29, 1.82) is 0 Å². The first-order valence-corrected chi connectivity index (χ1v) is 7.32. The molecule has 0 saturated carbocycles.